The van der Waals surface area contributed by atoms with Gasteiger partial charge >= 0.3 is 0 Å². The highest BCUT2D eigenvalue weighted by Gasteiger charge is 2.15. The summed E-state index contributed by atoms with van der Waals surface area (Å²) < 4.78 is 1.75. The molecule has 5 rings (SSSR count). The number of nitriles is 1. The Morgan fingerprint density at radius 3 is 2.88 bits per heavy atom. The summed E-state index contributed by atoms with van der Waals surface area (Å²) in [5.74, 6) is 0. The smallest absolute Gasteiger partial charge is 0.103 e. The molecule has 0 aliphatic carbocycles. The minimum atomic E-state index is 0.544. The molecule has 0 amide bonds. The van der Waals surface area contributed by atoms with Crippen molar-refractivity contribution in [2.45, 2.75) is 9.79 Å². The minimum absolute atomic E-state index is 0.544. The lowest BCUT2D eigenvalue weighted by Crippen LogP contribution is -1.92. The summed E-state index contributed by atoms with van der Waals surface area (Å²) in [5, 5.41) is 28.9. The third-order valence-corrected chi connectivity index (χ3v) is 5.28. The van der Waals surface area contributed by atoms with Gasteiger partial charge in [0.25, 0.3) is 0 Å². The van der Waals surface area contributed by atoms with Crippen LogP contribution in [0.1, 0.15) is 5.56 Å². The summed E-state index contributed by atoms with van der Waals surface area (Å²) in [5.41, 5.74) is 4.24. The zero-order valence-corrected chi connectivity index (χ0v) is 14.2. The molecule has 4 heterocycles. The summed E-state index contributed by atoms with van der Waals surface area (Å²) in [6, 6.07) is 10.3. The van der Waals surface area contributed by atoms with Gasteiger partial charge in [-0.1, -0.05) is 23.9 Å². The molecule has 124 valence electrons. The fourth-order valence-electron chi connectivity index (χ4n) is 2.96. The molecular weight excluding hydrogens is 346 g/mol. The van der Waals surface area contributed by atoms with E-state index in [2.05, 4.69) is 37.6 Å². The van der Waals surface area contributed by atoms with E-state index in [1.807, 2.05) is 30.6 Å². The van der Waals surface area contributed by atoms with Gasteiger partial charge in [0.2, 0.25) is 0 Å². The molecule has 1 aromatic carbocycles. The highest BCUT2D eigenvalue weighted by molar-refractivity contribution is 7.99. The molecule has 0 fully saturated rings. The van der Waals surface area contributed by atoms with Crippen molar-refractivity contribution in [3.8, 4) is 17.2 Å². The van der Waals surface area contributed by atoms with Gasteiger partial charge in [-0.15, -0.1) is 0 Å². The average molecular weight is 357 g/mol. The molecule has 0 atom stereocenters. The predicted molar refractivity (Wildman–Crippen MR) is 97.7 cm³/mol. The Bertz CT molecular complexity index is 1270. The maximum atomic E-state index is 9.46. The summed E-state index contributed by atoms with van der Waals surface area (Å²) in [6.07, 6.45) is 8.90. The molecule has 0 aliphatic heterocycles. The second kappa shape index (κ2) is 5.75. The number of H-pyrrole nitrogens is 2. The minimum Gasteiger partial charge on any atom is -0.285 e. The number of para-hydroxylation sites is 1. The summed E-state index contributed by atoms with van der Waals surface area (Å²) in [6.45, 7) is 0. The molecule has 8 heteroatoms. The van der Waals surface area contributed by atoms with Crippen LogP contribution in [0.25, 0.3) is 27.5 Å². The first-order valence-electron chi connectivity index (χ1n) is 7.84. The van der Waals surface area contributed by atoms with Gasteiger partial charge in [-0.25, -0.2) is 4.52 Å². The fraction of sp³-hybridized carbons (Fsp3) is 0. The van der Waals surface area contributed by atoms with Gasteiger partial charge in [-0.3, -0.25) is 10.2 Å². The molecule has 4 aromatic heterocycles. The van der Waals surface area contributed by atoms with Crippen molar-refractivity contribution in [3.63, 3.8) is 0 Å². The lowest BCUT2D eigenvalue weighted by atomic mass is 10.1. The maximum absolute atomic E-state index is 9.46. The topological polar surface area (TPSA) is 98.5 Å². The van der Waals surface area contributed by atoms with Gasteiger partial charge in [-0.2, -0.15) is 20.6 Å². The van der Waals surface area contributed by atoms with Gasteiger partial charge in [0.1, 0.15) is 6.07 Å². The van der Waals surface area contributed by atoms with Crippen LogP contribution in [0.3, 0.4) is 0 Å². The summed E-state index contributed by atoms with van der Waals surface area (Å²) >= 11 is 1.58. The number of rotatable bonds is 3. The lowest BCUT2D eigenvalue weighted by Gasteiger charge is -2.08. The van der Waals surface area contributed by atoms with Gasteiger partial charge in [0.15, 0.2) is 0 Å². The Hall–Kier alpha value is -3.57. The zero-order chi connectivity index (χ0) is 17.5. The van der Waals surface area contributed by atoms with Crippen LogP contribution in [0, 0.1) is 11.3 Å². The highest BCUT2D eigenvalue weighted by atomic mass is 32.2. The van der Waals surface area contributed by atoms with E-state index in [1.54, 1.807) is 34.9 Å². The lowest BCUT2D eigenvalue weighted by molar-refractivity contribution is 0.951. The van der Waals surface area contributed by atoms with E-state index in [1.165, 1.54) is 0 Å². The van der Waals surface area contributed by atoms with Crippen LogP contribution < -0.4 is 0 Å². The van der Waals surface area contributed by atoms with Crippen molar-refractivity contribution < 1.29 is 0 Å². The molecule has 26 heavy (non-hydrogen) atoms. The van der Waals surface area contributed by atoms with E-state index in [9.17, 15) is 5.26 Å². The fourth-order valence-corrected chi connectivity index (χ4v) is 4.09. The molecule has 0 spiro atoms. The first kappa shape index (κ1) is 14.7. The number of aromatic nitrogens is 6. The van der Waals surface area contributed by atoms with E-state index in [4.69, 9.17) is 0 Å². The molecule has 0 saturated carbocycles. The van der Waals surface area contributed by atoms with E-state index >= 15 is 0 Å². The number of aromatic amines is 2. The van der Waals surface area contributed by atoms with Gasteiger partial charge in [0.05, 0.1) is 35.2 Å². The predicted octanol–water partition coefficient (Wildman–Crippen LogP) is 3.62. The molecule has 0 bridgehead atoms. The van der Waals surface area contributed by atoms with Gasteiger partial charge in [-0.05, 0) is 12.1 Å². The second-order valence-corrected chi connectivity index (χ2v) is 6.82. The quantitative estimate of drug-likeness (QED) is 0.514. The molecule has 5 aromatic rings. The van der Waals surface area contributed by atoms with Crippen molar-refractivity contribution >= 4 is 28.2 Å². The van der Waals surface area contributed by atoms with E-state index in [0.717, 1.165) is 37.3 Å². The van der Waals surface area contributed by atoms with Crippen molar-refractivity contribution in [1.82, 2.24) is 30.0 Å². The van der Waals surface area contributed by atoms with Crippen LogP contribution in [0.2, 0.25) is 0 Å². The maximum Gasteiger partial charge on any atom is 0.103 e. The van der Waals surface area contributed by atoms with Crippen LogP contribution >= 0.6 is 11.8 Å². The van der Waals surface area contributed by atoms with Gasteiger partial charge < -0.3 is 0 Å². The Morgan fingerprint density at radius 1 is 1.08 bits per heavy atom. The Kier molecular flexibility index (Phi) is 3.26. The largest absolute Gasteiger partial charge is 0.285 e. The Labute approximate surface area is 151 Å². The molecule has 0 saturated heterocycles. The van der Waals surface area contributed by atoms with Crippen LogP contribution in [0.15, 0.2) is 65.0 Å². The van der Waals surface area contributed by atoms with E-state index in [0.29, 0.717) is 5.56 Å². The Morgan fingerprint density at radius 2 is 2.04 bits per heavy atom. The number of fused-ring (bicyclic) bond motifs is 2. The molecule has 0 aliphatic rings. The van der Waals surface area contributed by atoms with E-state index < -0.39 is 0 Å². The number of benzene rings is 1. The third-order valence-electron chi connectivity index (χ3n) is 4.19. The van der Waals surface area contributed by atoms with Crippen molar-refractivity contribution in [2.75, 3.05) is 0 Å². The molecular formula is C18H11N7S. The third kappa shape index (κ3) is 2.26. The summed E-state index contributed by atoms with van der Waals surface area (Å²) in [7, 11) is 0. The molecule has 2 N–H and O–H groups in total. The van der Waals surface area contributed by atoms with Crippen molar-refractivity contribution in [1.29, 1.82) is 5.26 Å². The van der Waals surface area contributed by atoms with Crippen LogP contribution in [-0.4, -0.2) is 30.0 Å². The van der Waals surface area contributed by atoms with Crippen molar-refractivity contribution in [2.24, 2.45) is 0 Å². The standard InChI is InChI=1S/C18H11N7S/c19-5-13-9-23-25-10-12(14-7-20-21-8-14)4-16(18(13)25)26-15-3-1-2-11-6-22-24-17(11)15/h1-4,6-10H,(H,20,21)(H,22,24). The number of nitrogens with one attached hydrogen (secondary N) is 2. The molecule has 7 nitrogen and oxygen atoms in total. The second-order valence-electron chi connectivity index (χ2n) is 5.74. The van der Waals surface area contributed by atoms with Crippen molar-refractivity contribution in [3.05, 3.63) is 60.8 Å². The number of hydrogen-bond acceptors (Lipinski definition) is 5. The zero-order valence-electron chi connectivity index (χ0n) is 13.3. The van der Waals surface area contributed by atoms with Gasteiger partial charge in [0, 0.05) is 38.7 Å². The normalized spacial score (nSPS) is 11.2. The van der Waals surface area contributed by atoms with Crippen LogP contribution in [0.5, 0.6) is 0 Å². The summed E-state index contributed by atoms with van der Waals surface area (Å²) in [4.78, 5) is 1.98. The first-order valence-corrected chi connectivity index (χ1v) is 8.66. The average Bonchev–Trinajstić information content (AvgIpc) is 3.41. The SMILES string of the molecule is N#Cc1cnn2cc(-c3cn[nH]c3)cc(Sc3cccc4cn[nH]c34)c12. The monoisotopic (exact) mass is 357 g/mol. The molecule has 0 unspecified atom stereocenters. The number of nitrogens with zero attached hydrogens (tertiary/aromatic N) is 5. The van der Waals surface area contributed by atoms with E-state index in [-0.39, 0.29) is 0 Å². The Balaban J connectivity index is 1.73. The first-order chi connectivity index (χ1) is 12.8. The number of hydrogen-bond donors (Lipinski definition) is 2. The van der Waals surface area contributed by atoms with Crippen LogP contribution in [-0.2, 0) is 0 Å². The van der Waals surface area contributed by atoms with Crippen LogP contribution in [0.4, 0.5) is 0 Å². The number of pyridine rings is 1. The molecule has 0 radical (unpaired) electrons. The highest BCUT2D eigenvalue weighted by Crippen LogP contribution is 2.37.